The highest BCUT2D eigenvalue weighted by atomic mass is 32.1. The molecule has 2 N–H and O–H groups in total. The topological polar surface area (TPSA) is 46.3 Å². The predicted molar refractivity (Wildman–Crippen MR) is 89.3 cm³/mol. The van der Waals surface area contributed by atoms with Crippen molar-refractivity contribution < 1.29 is 4.79 Å². The smallest absolute Gasteiger partial charge is 0.230 e. The number of benzene rings is 1. The Labute approximate surface area is 130 Å². The molecular weight excluding hydrogens is 280 g/mol. The minimum Gasteiger partial charge on any atom is -0.399 e. The zero-order valence-electron chi connectivity index (χ0n) is 12.7. The van der Waals surface area contributed by atoms with Crippen molar-refractivity contribution >= 4 is 22.9 Å². The van der Waals surface area contributed by atoms with Crippen LogP contribution in [0.25, 0.3) is 0 Å². The molecule has 2 rings (SSSR count). The van der Waals surface area contributed by atoms with Crippen molar-refractivity contribution in [3.8, 4) is 0 Å². The Morgan fingerprint density at radius 1 is 1.24 bits per heavy atom. The largest absolute Gasteiger partial charge is 0.399 e. The lowest BCUT2D eigenvalue weighted by Crippen LogP contribution is -2.38. The van der Waals surface area contributed by atoms with Crippen LogP contribution in [0.15, 0.2) is 41.8 Å². The van der Waals surface area contributed by atoms with E-state index in [2.05, 4.69) is 19.9 Å². The summed E-state index contributed by atoms with van der Waals surface area (Å²) in [6.07, 6.45) is 0. The molecule has 0 saturated carbocycles. The molecule has 0 radical (unpaired) electrons. The van der Waals surface area contributed by atoms with Gasteiger partial charge in [-0.3, -0.25) is 4.79 Å². The SMILES string of the molecule is CC(C(=O)N(Cc1cccs1)C(C)C)c1cccc(N)c1. The van der Waals surface area contributed by atoms with Crippen LogP contribution in [0.5, 0.6) is 0 Å². The van der Waals surface area contributed by atoms with Gasteiger partial charge in [0.25, 0.3) is 0 Å². The Kier molecular flexibility index (Phi) is 5.02. The van der Waals surface area contributed by atoms with Gasteiger partial charge in [0.2, 0.25) is 5.91 Å². The fraction of sp³-hybridized carbons (Fsp3) is 0.353. The van der Waals surface area contributed by atoms with E-state index in [1.54, 1.807) is 11.3 Å². The standard InChI is InChI=1S/C17H22N2OS/c1-12(2)19(11-16-8-5-9-21-16)17(20)13(3)14-6-4-7-15(18)10-14/h4-10,12-13H,11,18H2,1-3H3. The van der Waals surface area contributed by atoms with Crippen molar-refractivity contribution in [1.82, 2.24) is 4.90 Å². The van der Waals surface area contributed by atoms with Crippen molar-refractivity contribution in [2.24, 2.45) is 0 Å². The summed E-state index contributed by atoms with van der Waals surface area (Å²) in [6, 6.07) is 11.8. The van der Waals surface area contributed by atoms with E-state index < -0.39 is 0 Å². The predicted octanol–water partition coefficient (Wildman–Crippen LogP) is 3.87. The third-order valence-electron chi connectivity index (χ3n) is 3.59. The van der Waals surface area contributed by atoms with Crippen LogP contribution in [0.4, 0.5) is 5.69 Å². The van der Waals surface area contributed by atoms with Crippen molar-refractivity contribution in [2.45, 2.75) is 39.3 Å². The average molecular weight is 302 g/mol. The molecule has 1 heterocycles. The normalized spacial score (nSPS) is 12.4. The third-order valence-corrected chi connectivity index (χ3v) is 4.45. The van der Waals surface area contributed by atoms with E-state index in [0.717, 1.165) is 5.56 Å². The van der Waals surface area contributed by atoms with Crippen LogP contribution in [0, 0.1) is 0 Å². The van der Waals surface area contributed by atoms with E-state index in [4.69, 9.17) is 5.73 Å². The van der Waals surface area contributed by atoms with Gasteiger partial charge in [0.05, 0.1) is 12.5 Å². The maximum Gasteiger partial charge on any atom is 0.230 e. The van der Waals surface area contributed by atoms with Crippen LogP contribution < -0.4 is 5.73 Å². The molecule has 2 aromatic rings. The third kappa shape index (κ3) is 3.85. The summed E-state index contributed by atoms with van der Waals surface area (Å²) < 4.78 is 0. The van der Waals surface area contributed by atoms with E-state index in [1.807, 2.05) is 47.5 Å². The molecule has 0 fully saturated rings. The minimum atomic E-state index is -0.184. The molecule has 1 amide bonds. The highest BCUT2D eigenvalue weighted by Crippen LogP contribution is 2.23. The van der Waals surface area contributed by atoms with Crippen LogP contribution in [0.3, 0.4) is 0 Å². The van der Waals surface area contributed by atoms with Crippen LogP contribution in [0.1, 0.15) is 37.1 Å². The molecule has 0 bridgehead atoms. The fourth-order valence-electron chi connectivity index (χ4n) is 2.31. The van der Waals surface area contributed by atoms with Crippen LogP contribution in [-0.2, 0) is 11.3 Å². The lowest BCUT2D eigenvalue weighted by atomic mass is 9.98. The number of rotatable bonds is 5. The van der Waals surface area contributed by atoms with Gasteiger partial charge in [-0.25, -0.2) is 0 Å². The molecule has 0 saturated heterocycles. The van der Waals surface area contributed by atoms with Crippen molar-refractivity contribution in [2.75, 3.05) is 5.73 Å². The maximum atomic E-state index is 12.8. The van der Waals surface area contributed by atoms with E-state index >= 15 is 0 Å². The monoisotopic (exact) mass is 302 g/mol. The van der Waals surface area contributed by atoms with Gasteiger partial charge >= 0.3 is 0 Å². The Morgan fingerprint density at radius 2 is 2.00 bits per heavy atom. The first-order valence-electron chi connectivity index (χ1n) is 7.17. The fourth-order valence-corrected chi connectivity index (χ4v) is 3.01. The molecular formula is C17H22N2OS. The van der Waals surface area contributed by atoms with Crippen LogP contribution >= 0.6 is 11.3 Å². The van der Waals surface area contributed by atoms with Gasteiger partial charge in [0.15, 0.2) is 0 Å². The number of nitrogen functional groups attached to an aromatic ring is 1. The number of carbonyl (C=O) groups is 1. The molecule has 1 aromatic carbocycles. The van der Waals surface area contributed by atoms with Crippen molar-refractivity contribution in [3.63, 3.8) is 0 Å². The highest BCUT2D eigenvalue weighted by Gasteiger charge is 2.24. The number of nitrogens with two attached hydrogens (primary N) is 1. The van der Waals surface area contributed by atoms with Gasteiger partial charge in [-0.2, -0.15) is 0 Å². The molecule has 3 nitrogen and oxygen atoms in total. The Morgan fingerprint density at radius 3 is 2.57 bits per heavy atom. The zero-order chi connectivity index (χ0) is 15.4. The molecule has 21 heavy (non-hydrogen) atoms. The van der Waals surface area contributed by atoms with Gasteiger partial charge < -0.3 is 10.6 Å². The summed E-state index contributed by atoms with van der Waals surface area (Å²) in [5.74, 6) is -0.0418. The quantitative estimate of drug-likeness (QED) is 0.852. The molecule has 0 aliphatic heterocycles. The van der Waals surface area contributed by atoms with Gasteiger partial charge in [-0.05, 0) is 49.9 Å². The van der Waals surface area contributed by atoms with Crippen LogP contribution in [0.2, 0.25) is 0 Å². The first kappa shape index (κ1) is 15.6. The zero-order valence-corrected chi connectivity index (χ0v) is 13.6. The first-order valence-corrected chi connectivity index (χ1v) is 8.05. The minimum absolute atomic E-state index is 0.143. The number of nitrogens with zero attached hydrogens (tertiary/aromatic N) is 1. The average Bonchev–Trinajstić information content (AvgIpc) is 2.96. The maximum absolute atomic E-state index is 12.8. The number of hydrogen-bond donors (Lipinski definition) is 1. The van der Waals surface area contributed by atoms with E-state index in [-0.39, 0.29) is 17.9 Å². The van der Waals surface area contributed by atoms with E-state index in [0.29, 0.717) is 12.2 Å². The molecule has 4 heteroatoms. The molecule has 112 valence electrons. The van der Waals surface area contributed by atoms with Gasteiger partial charge in [0, 0.05) is 16.6 Å². The number of anilines is 1. The molecule has 1 atom stereocenters. The number of carbonyl (C=O) groups excluding carboxylic acids is 1. The number of thiophene rings is 1. The summed E-state index contributed by atoms with van der Waals surface area (Å²) in [5, 5.41) is 2.04. The van der Waals surface area contributed by atoms with E-state index in [9.17, 15) is 4.79 Å². The molecule has 0 spiro atoms. The summed E-state index contributed by atoms with van der Waals surface area (Å²) in [5.41, 5.74) is 7.48. The number of amides is 1. The Hall–Kier alpha value is -1.81. The van der Waals surface area contributed by atoms with Crippen molar-refractivity contribution in [1.29, 1.82) is 0 Å². The lowest BCUT2D eigenvalue weighted by Gasteiger charge is -2.29. The van der Waals surface area contributed by atoms with Crippen LogP contribution in [-0.4, -0.2) is 16.8 Å². The Bertz CT molecular complexity index is 593. The summed E-state index contributed by atoms with van der Waals surface area (Å²) >= 11 is 1.68. The Balaban J connectivity index is 2.18. The molecule has 0 aliphatic rings. The molecule has 1 aromatic heterocycles. The molecule has 0 aliphatic carbocycles. The lowest BCUT2D eigenvalue weighted by molar-refractivity contribution is -0.134. The highest BCUT2D eigenvalue weighted by molar-refractivity contribution is 7.09. The first-order chi connectivity index (χ1) is 9.99. The van der Waals surface area contributed by atoms with Gasteiger partial charge in [0.1, 0.15) is 0 Å². The summed E-state index contributed by atoms with van der Waals surface area (Å²) in [7, 11) is 0. The van der Waals surface area contributed by atoms with Gasteiger partial charge in [-0.1, -0.05) is 18.2 Å². The second kappa shape index (κ2) is 6.76. The summed E-state index contributed by atoms with van der Waals surface area (Å²) in [4.78, 5) is 15.9. The second-order valence-corrected chi connectivity index (χ2v) is 6.56. The van der Waals surface area contributed by atoms with E-state index in [1.165, 1.54) is 4.88 Å². The van der Waals surface area contributed by atoms with Gasteiger partial charge in [-0.15, -0.1) is 11.3 Å². The number of hydrogen-bond acceptors (Lipinski definition) is 3. The van der Waals surface area contributed by atoms with Crippen molar-refractivity contribution in [3.05, 3.63) is 52.2 Å². The summed E-state index contributed by atoms with van der Waals surface area (Å²) in [6.45, 7) is 6.72. The molecule has 1 unspecified atom stereocenters. The second-order valence-electron chi connectivity index (χ2n) is 5.53.